The third-order valence-corrected chi connectivity index (χ3v) is 16.7. The van der Waals surface area contributed by atoms with E-state index < -0.39 is 0 Å². The summed E-state index contributed by atoms with van der Waals surface area (Å²) < 4.78 is 3.56. The summed E-state index contributed by atoms with van der Waals surface area (Å²) in [6, 6.07) is 60.2. The van der Waals surface area contributed by atoms with Crippen LogP contribution in [0.3, 0.4) is 0 Å². The lowest BCUT2D eigenvalue weighted by Crippen LogP contribution is -2.14. The van der Waals surface area contributed by atoms with Gasteiger partial charge in [-0.15, -0.1) is 0 Å². The van der Waals surface area contributed by atoms with Crippen LogP contribution in [0.25, 0.3) is 184 Å². The Morgan fingerprint density at radius 1 is 0.257 bits per heavy atom. The summed E-state index contributed by atoms with van der Waals surface area (Å²) in [5.41, 5.74) is 4.53. The van der Waals surface area contributed by atoms with Gasteiger partial charge < -0.3 is 0 Å². The molecule has 4 aromatic heterocycles. The molecule has 0 spiro atoms. The molecule has 316 valence electrons. The molecular weight excluding hydrogens is 857 g/mol. The van der Waals surface area contributed by atoms with Crippen molar-refractivity contribution < 1.29 is 0 Å². The quantitative estimate of drug-likeness (QED) is 0.112. The van der Waals surface area contributed by atoms with Gasteiger partial charge in [-0.05, 0) is 156 Å². The van der Waals surface area contributed by atoms with E-state index in [-0.39, 0.29) is 11.1 Å². The fourth-order valence-corrected chi connectivity index (χ4v) is 14.0. The molecule has 0 saturated heterocycles. The molecule has 0 aliphatic heterocycles. The van der Waals surface area contributed by atoms with Gasteiger partial charge in [-0.25, -0.2) is 9.97 Å². The summed E-state index contributed by atoms with van der Waals surface area (Å²) in [7, 11) is 0. The topological polar surface area (TPSA) is 68.7 Å². The lowest BCUT2D eigenvalue weighted by Gasteiger charge is -2.23. The number of aromatic nitrogens is 4. The van der Waals surface area contributed by atoms with Gasteiger partial charge in [-0.1, -0.05) is 121 Å². The SMILES string of the molecule is O=c1c2cc3ccc4cc5c(=O)n6c7ccccc7nc6c6cc7ccc8cc(c2c2c3c4c(c56)c7c82)c2nc3ccccc3n12.c1cc2ccc3ccc4ccc5ccc6ccc1c1c2c3c4c5c61. The van der Waals surface area contributed by atoms with Gasteiger partial charge >= 0.3 is 0 Å². The molecule has 4 heterocycles. The second-order valence-corrected chi connectivity index (χ2v) is 19.8. The number of para-hydroxylation sites is 4. The number of benzene rings is 16. The van der Waals surface area contributed by atoms with Gasteiger partial charge in [0, 0.05) is 43.1 Å². The van der Waals surface area contributed by atoms with Crippen molar-refractivity contribution in [3.63, 3.8) is 0 Å². The van der Waals surface area contributed by atoms with Crippen LogP contribution >= 0.6 is 0 Å². The Kier molecular flexibility index (Phi) is 5.58. The summed E-state index contributed by atoms with van der Waals surface area (Å²) in [4.78, 5) is 38.8. The van der Waals surface area contributed by atoms with Crippen LogP contribution in [-0.2, 0) is 0 Å². The lowest BCUT2D eigenvalue weighted by atomic mass is 9.80. The normalized spacial score (nSPS) is 13.3. The van der Waals surface area contributed by atoms with Crippen molar-refractivity contribution in [1.82, 2.24) is 18.8 Å². The van der Waals surface area contributed by atoms with E-state index in [1.54, 1.807) is 8.80 Å². The third-order valence-electron chi connectivity index (χ3n) is 16.7. The van der Waals surface area contributed by atoms with E-state index in [1.807, 2.05) is 48.5 Å². The molecule has 0 aliphatic rings. The van der Waals surface area contributed by atoms with E-state index in [4.69, 9.17) is 9.97 Å². The molecule has 6 nitrogen and oxygen atoms in total. The van der Waals surface area contributed by atoms with Crippen LogP contribution in [0.1, 0.15) is 0 Å². The van der Waals surface area contributed by atoms with E-state index in [0.717, 1.165) is 97.5 Å². The smallest absolute Gasteiger partial charge is 0.264 e. The zero-order valence-corrected chi connectivity index (χ0v) is 36.8. The van der Waals surface area contributed by atoms with Gasteiger partial charge in [-0.2, -0.15) is 0 Å². The average molecular weight is 885 g/mol. The van der Waals surface area contributed by atoms with Crippen molar-refractivity contribution in [3.8, 4) is 0 Å². The van der Waals surface area contributed by atoms with Crippen LogP contribution in [0.5, 0.6) is 0 Å². The molecular formula is C64H28N4O2. The molecule has 0 fully saturated rings. The minimum absolute atomic E-state index is 0.0507. The second kappa shape index (κ2) is 11.2. The third kappa shape index (κ3) is 3.70. The van der Waals surface area contributed by atoms with Crippen molar-refractivity contribution in [3.05, 3.63) is 191 Å². The van der Waals surface area contributed by atoms with E-state index in [0.29, 0.717) is 22.1 Å². The summed E-state index contributed by atoms with van der Waals surface area (Å²) in [6.07, 6.45) is 0. The van der Waals surface area contributed by atoms with Crippen molar-refractivity contribution in [2.45, 2.75) is 0 Å². The Bertz CT molecular complexity index is 5180. The zero-order chi connectivity index (χ0) is 45.2. The highest BCUT2D eigenvalue weighted by atomic mass is 16.1. The predicted molar refractivity (Wildman–Crippen MR) is 293 cm³/mol. The van der Waals surface area contributed by atoms with Crippen LogP contribution in [-0.4, -0.2) is 18.8 Å². The standard InChI is InChI=1S/C40H16N4O2.C24H12/c45-39-23-15-19-11-12-20-16-24-34-22(38-42-26-6-2-4-8-28(26)44(38)40(24)46)14-18-10-9-17-13-21(37-41-25-5-1-3-7-27(25)43(37)39)33(23)35-29(17)30(18)36(34)32(20)31(19)35;1-2-14-5-6-16-9-11-18-12-10-17-8-7-15-4-3-13(1)19-20(14)22(16)24(18)23(17)21(15)19/h1-16H;1-12H. The van der Waals surface area contributed by atoms with Crippen LogP contribution in [0.4, 0.5) is 0 Å². The Morgan fingerprint density at radius 3 is 0.829 bits per heavy atom. The van der Waals surface area contributed by atoms with Crippen LogP contribution in [0.15, 0.2) is 179 Å². The monoisotopic (exact) mass is 884 g/mol. The Labute approximate surface area is 391 Å². The van der Waals surface area contributed by atoms with Crippen molar-refractivity contribution >= 4 is 184 Å². The number of hydrogen-bond acceptors (Lipinski definition) is 4. The second-order valence-electron chi connectivity index (χ2n) is 19.8. The molecule has 0 aliphatic carbocycles. The number of pyridine rings is 2. The maximum atomic E-state index is 14.4. The van der Waals surface area contributed by atoms with Crippen LogP contribution in [0.2, 0.25) is 0 Å². The number of imidazole rings is 2. The number of hydrogen-bond donors (Lipinski definition) is 0. The molecule has 20 aromatic rings. The highest BCUT2D eigenvalue weighted by molar-refractivity contribution is 6.51. The minimum atomic E-state index is -0.0507. The van der Waals surface area contributed by atoms with Gasteiger partial charge in [0.25, 0.3) is 11.1 Å². The molecule has 70 heavy (non-hydrogen) atoms. The molecule has 0 radical (unpaired) electrons. The van der Waals surface area contributed by atoms with Crippen LogP contribution in [0, 0.1) is 0 Å². The number of rotatable bonds is 0. The average Bonchev–Trinajstić information content (AvgIpc) is 4.01. The first-order chi connectivity index (χ1) is 34.6. The number of fused-ring (bicyclic) bond motifs is 8. The van der Waals surface area contributed by atoms with Gasteiger partial charge in [0.15, 0.2) is 0 Å². The minimum Gasteiger partial charge on any atom is -0.268 e. The molecule has 0 bridgehead atoms. The summed E-state index contributed by atoms with van der Waals surface area (Å²) in [6.45, 7) is 0. The van der Waals surface area contributed by atoms with Crippen molar-refractivity contribution in [2.24, 2.45) is 0 Å². The highest BCUT2D eigenvalue weighted by Gasteiger charge is 2.29. The molecule has 0 unspecified atom stereocenters. The van der Waals surface area contributed by atoms with E-state index in [9.17, 15) is 9.59 Å². The molecule has 6 heteroatoms. The van der Waals surface area contributed by atoms with Gasteiger partial charge in [0.2, 0.25) is 0 Å². The summed E-state index contributed by atoms with van der Waals surface area (Å²) in [5.74, 6) is 0. The molecule has 0 saturated carbocycles. The van der Waals surface area contributed by atoms with Gasteiger partial charge in [0.1, 0.15) is 11.3 Å². The van der Waals surface area contributed by atoms with Crippen molar-refractivity contribution in [2.75, 3.05) is 0 Å². The molecule has 0 atom stereocenters. The first kappa shape index (κ1) is 34.7. The Hall–Kier alpha value is -9.52. The molecule has 0 N–H and O–H groups in total. The maximum Gasteiger partial charge on any atom is 0.264 e. The fraction of sp³-hybridized carbons (Fsp3) is 0. The molecule has 16 aromatic carbocycles. The largest absolute Gasteiger partial charge is 0.268 e. The first-order valence-corrected chi connectivity index (χ1v) is 23.9. The summed E-state index contributed by atoms with van der Waals surface area (Å²) in [5, 5.41) is 33.0. The van der Waals surface area contributed by atoms with E-state index in [2.05, 4.69) is 121 Å². The molecule has 0 amide bonds. The summed E-state index contributed by atoms with van der Waals surface area (Å²) >= 11 is 0. The maximum absolute atomic E-state index is 14.4. The van der Waals surface area contributed by atoms with Gasteiger partial charge in [-0.3, -0.25) is 18.4 Å². The lowest BCUT2D eigenvalue weighted by molar-refractivity contribution is 1.19. The first-order valence-electron chi connectivity index (χ1n) is 23.9. The molecule has 20 rings (SSSR count). The van der Waals surface area contributed by atoms with Gasteiger partial charge in [0.05, 0.1) is 22.1 Å². The Morgan fingerprint density at radius 2 is 0.514 bits per heavy atom. The van der Waals surface area contributed by atoms with Crippen molar-refractivity contribution in [1.29, 1.82) is 0 Å². The highest BCUT2D eigenvalue weighted by Crippen LogP contribution is 2.53. The fourth-order valence-electron chi connectivity index (χ4n) is 14.0. The van der Waals surface area contributed by atoms with Crippen LogP contribution < -0.4 is 11.1 Å². The zero-order valence-electron chi connectivity index (χ0n) is 36.8. The number of nitrogens with zero attached hydrogens (tertiary/aromatic N) is 4. The van der Waals surface area contributed by atoms with E-state index >= 15 is 0 Å². The Balaban J connectivity index is 0.000000135. The van der Waals surface area contributed by atoms with E-state index in [1.165, 1.54) is 64.6 Å². The predicted octanol–water partition coefficient (Wildman–Crippen LogP) is 15.3.